The number of nitrogens with zero attached hydrogens (tertiary/aromatic N) is 5. The molecule has 4 aromatic rings. The smallest absolute Gasteiger partial charge is 0.294 e. The number of aromatic nitrogens is 1. The number of rotatable bonds is 9. The molecule has 36 heavy (non-hydrogen) atoms. The van der Waals surface area contributed by atoms with Gasteiger partial charge in [0.05, 0.1) is 27.8 Å². The van der Waals surface area contributed by atoms with E-state index in [0.717, 1.165) is 16.5 Å². The van der Waals surface area contributed by atoms with E-state index in [1.165, 1.54) is 18.3 Å². The van der Waals surface area contributed by atoms with Crippen LogP contribution in [0.5, 0.6) is 0 Å². The number of hydrazone groups is 2. The van der Waals surface area contributed by atoms with Gasteiger partial charge in [-0.3, -0.25) is 31.1 Å². The van der Waals surface area contributed by atoms with Crippen LogP contribution in [0, 0.1) is 20.2 Å². The number of nitro benzene ring substituents is 2. The van der Waals surface area contributed by atoms with E-state index in [0.29, 0.717) is 17.3 Å². The van der Waals surface area contributed by atoms with Crippen molar-refractivity contribution in [2.24, 2.45) is 10.2 Å². The molecule has 0 spiro atoms. The first-order valence-corrected chi connectivity index (χ1v) is 11.2. The monoisotopic (exact) mass is 505 g/mol. The van der Waals surface area contributed by atoms with Crippen molar-refractivity contribution >= 4 is 57.7 Å². The standard InChI is InChI=1S/C24H20ClN7O4/c1-2-30-23-16(14-26-28-19-10-3-5-12-21(19)31(33)34)8-7-9-17(23)18(24(30)25)15-27-29-20-11-4-6-13-22(20)32(35)36/h3-15,28-29H,2H2,1H3. The van der Waals surface area contributed by atoms with Gasteiger partial charge in [0, 0.05) is 35.2 Å². The Morgan fingerprint density at radius 3 is 1.97 bits per heavy atom. The Bertz CT molecular complexity index is 1510. The molecule has 0 saturated heterocycles. The first-order valence-electron chi connectivity index (χ1n) is 10.8. The Labute approximate surface area is 210 Å². The van der Waals surface area contributed by atoms with Gasteiger partial charge in [0.2, 0.25) is 0 Å². The number of para-hydroxylation sites is 5. The Morgan fingerprint density at radius 1 is 0.861 bits per heavy atom. The lowest BCUT2D eigenvalue weighted by atomic mass is 10.1. The second-order valence-electron chi connectivity index (χ2n) is 7.48. The van der Waals surface area contributed by atoms with Crippen LogP contribution in [0.1, 0.15) is 18.1 Å². The summed E-state index contributed by atoms with van der Waals surface area (Å²) in [6.45, 7) is 2.50. The van der Waals surface area contributed by atoms with Crippen molar-refractivity contribution in [2.75, 3.05) is 10.9 Å². The zero-order valence-corrected chi connectivity index (χ0v) is 19.7. The molecule has 1 heterocycles. The Morgan fingerprint density at radius 2 is 1.42 bits per heavy atom. The molecular weight excluding hydrogens is 486 g/mol. The highest BCUT2D eigenvalue weighted by molar-refractivity contribution is 6.34. The first-order chi connectivity index (χ1) is 17.4. The van der Waals surface area contributed by atoms with Crippen LogP contribution in [0.15, 0.2) is 76.9 Å². The predicted octanol–water partition coefficient (Wildman–Crippen LogP) is 6.02. The van der Waals surface area contributed by atoms with Gasteiger partial charge in [0.25, 0.3) is 11.4 Å². The van der Waals surface area contributed by atoms with Gasteiger partial charge < -0.3 is 4.57 Å². The average molecular weight is 506 g/mol. The van der Waals surface area contributed by atoms with Gasteiger partial charge in [-0.1, -0.05) is 54.1 Å². The molecular formula is C24H20ClN7O4. The molecule has 2 N–H and O–H groups in total. The molecule has 0 radical (unpaired) electrons. The molecule has 0 saturated carbocycles. The highest BCUT2D eigenvalue weighted by Gasteiger charge is 2.17. The summed E-state index contributed by atoms with van der Waals surface area (Å²) >= 11 is 6.67. The van der Waals surface area contributed by atoms with E-state index in [4.69, 9.17) is 11.6 Å². The molecule has 11 nitrogen and oxygen atoms in total. The molecule has 0 aliphatic heterocycles. The van der Waals surface area contributed by atoms with Gasteiger partial charge in [0.15, 0.2) is 0 Å². The number of aryl methyl sites for hydroxylation is 1. The summed E-state index contributed by atoms with van der Waals surface area (Å²) in [4.78, 5) is 21.5. The Balaban J connectivity index is 1.66. The van der Waals surface area contributed by atoms with E-state index in [1.807, 2.05) is 29.7 Å². The zero-order valence-electron chi connectivity index (χ0n) is 19.0. The summed E-state index contributed by atoms with van der Waals surface area (Å²) in [6, 6.07) is 18.0. The molecule has 182 valence electrons. The maximum absolute atomic E-state index is 11.2. The summed E-state index contributed by atoms with van der Waals surface area (Å²) in [6.07, 6.45) is 3.08. The minimum absolute atomic E-state index is 0.0857. The van der Waals surface area contributed by atoms with Crippen LogP contribution >= 0.6 is 11.6 Å². The second kappa shape index (κ2) is 10.7. The summed E-state index contributed by atoms with van der Waals surface area (Å²) in [5, 5.41) is 32.1. The number of hydrogen-bond donors (Lipinski definition) is 2. The first kappa shape index (κ1) is 24.4. The summed E-state index contributed by atoms with van der Waals surface area (Å²) in [5.41, 5.74) is 7.93. The third kappa shape index (κ3) is 4.86. The highest BCUT2D eigenvalue weighted by Crippen LogP contribution is 2.31. The quantitative estimate of drug-likeness (QED) is 0.162. The van der Waals surface area contributed by atoms with Crippen LogP contribution in [-0.4, -0.2) is 26.8 Å². The molecule has 0 aliphatic rings. The minimum Gasteiger partial charge on any atom is -0.331 e. The van der Waals surface area contributed by atoms with E-state index in [9.17, 15) is 20.2 Å². The fraction of sp³-hybridized carbons (Fsp3) is 0.0833. The maximum atomic E-state index is 11.2. The van der Waals surface area contributed by atoms with E-state index >= 15 is 0 Å². The molecule has 0 amide bonds. The summed E-state index contributed by atoms with van der Waals surface area (Å²) < 4.78 is 1.88. The van der Waals surface area contributed by atoms with E-state index in [1.54, 1.807) is 42.6 Å². The van der Waals surface area contributed by atoms with Crippen LogP contribution in [0.25, 0.3) is 10.9 Å². The summed E-state index contributed by atoms with van der Waals surface area (Å²) in [5.74, 6) is 0. The van der Waals surface area contributed by atoms with Crippen molar-refractivity contribution in [1.29, 1.82) is 0 Å². The van der Waals surface area contributed by atoms with Crippen LogP contribution in [0.2, 0.25) is 5.15 Å². The van der Waals surface area contributed by atoms with Crippen LogP contribution in [-0.2, 0) is 6.54 Å². The Hall–Kier alpha value is -4.77. The molecule has 0 aliphatic carbocycles. The number of benzene rings is 3. The topological polar surface area (TPSA) is 140 Å². The van der Waals surface area contributed by atoms with Gasteiger partial charge in [0.1, 0.15) is 16.5 Å². The number of fused-ring (bicyclic) bond motifs is 1. The van der Waals surface area contributed by atoms with E-state index in [-0.39, 0.29) is 22.7 Å². The van der Waals surface area contributed by atoms with Crippen molar-refractivity contribution in [3.63, 3.8) is 0 Å². The fourth-order valence-corrected chi connectivity index (χ4v) is 4.11. The number of anilines is 2. The lowest BCUT2D eigenvalue weighted by Gasteiger charge is -2.06. The number of nitro groups is 2. The van der Waals surface area contributed by atoms with E-state index < -0.39 is 9.85 Å². The lowest BCUT2D eigenvalue weighted by Crippen LogP contribution is -1.99. The van der Waals surface area contributed by atoms with Crippen molar-refractivity contribution in [1.82, 2.24) is 4.57 Å². The van der Waals surface area contributed by atoms with Crippen molar-refractivity contribution < 1.29 is 9.85 Å². The SMILES string of the molecule is CCn1c(Cl)c(C=NNc2ccccc2[N+](=O)[O-])c2cccc(C=NNc3ccccc3[N+](=O)[O-])c21. The molecule has 1 aromatic heterocycles. The minimum atomic E-state index is -0.489. The highest BCUT2D eigenvalue weighted by atomic mass is 35.5. The summed E-state index contributed by atoms with van der Waals surface area (Å²) in [7, 11) is 0. The normalized spacial score (nSPS) is 11.4. The van der Waals surface area contributed by atoms with Gasteiger partial charge in [-0.05, 0) is 19.1 Å². The molecule has 0 fully saturated rings. The maximum Gasteiger partial charge on any atom is 0.294 e. The number of hydrogen-bond acceptors (Lipinski definition) is 8. The molecule has 3 aromatic carbocycles. The van der Waals surface area contributed by atoms with Crippen LogP contribution < -0.4 is 10.9 Å². The van der Waals surface area contributed by atoms with Crippen LogP contribution in [0.3, 0.4) is 0 Å². The molecule has 0 unspecified atom stereocenters. The zero-order chi connectivity index (χ0) is 25.7. The molecule has 4 rings (SSSR count). The second-order valence-corrected chi connectivity index (χ2v) is 7.84. The van der Waals surface area contributed by atoms with Gasteiger partial charge >= 0.3 is 0 Å². The molecule has 12 heteroatoms. The predicted molar refractivity (Wildman–Crippen MR) is 141 cm³/mol. The van der Waals surface area contributed by atoms with Gasteiger partial charge in [-0.15, -0.1) is 0 Å². The Kier molecular flexibility index (Phi) is 7.21. The third-order valence-electron chi connectivity index (χ3n) is 5.37. The lowest BCUT2D eigenvalue weighted by molar-refractivity contribution is -0.384. The molecule has 0 bridgehead atoms. The average Bonchev–Trinajstić information content (AvgIpc) is 3.15. The van der Waals surface area contributed by atoms with Crippen molar-refractivity contribution in [3.05, 3.63) is 103 Å². The molecule has 0 atom stereocenters. The van der Waals surface area contributed by atoms with Gasteiger partial charge in [-0.2, -0.15) is 10.2 Å². The van der Waals surface area contributed by atoms with E-state index in [2.05, 4.69) is 21.1 Å². The van der Waals surface area contributed by atoms with Crippen molar-refractivity contribution in [3.8, 4) is 0 Å². The number of nitrogens with one attached hydrogen (secondary N) is 2. The van der Waals surface area contributed by atoms with Crippen LogP contribution in [0.4, 0.5) is 22.7 Å². The third-order valence-corrected chi connectivity index (χ3v) is 5.78. The van der Waals surface area contributed by atoms with Gasteiger partial charge in [-0.25, -0.2) is 0 Å². The van der Waals surface area contributed by atoms with Crippen molar-refractivity contribution in [2.45, 2.75) is 13.5 Å². The number of halogens is 1. The largest absolute Gasteiger partial charge is 0.331 e. The fourth-order valence-electron chi connectivity index (χ4n) is 3.75.